The molecule has 0 aromatic carbocycles. The summed E-state index contributed by atoms with van der Waals surface area (Å²) in [5, 5.41) is 0. The standard InChI is InChI=1S/C11H23N3O/c1-11(13,10(12)15)7-4-8-14(2)9-5-3-6-9/h9H,3-8,13H2,1-2H3,(H2,12,15). The van der Waals surface area contributed by atoms with Crippen molar-refractivity contribution < 1.29 is 4.79 Å². The smallest absolute Gasteiger partial charge is 0.237 e. The van der Waals surface area contributed by atoms with Gasteiger partial charge >= 0.3 is 0 Å². The average Bonchev–Trinajstić information content (AvgIpc) is 1.99. The van der Waals surface area contributed by atoms with E-state index >= 15 is 0 Å². The molecule has 1 aliphatic carbocycles. The van der Waals surface area contributed by atoms with E-state index in [1.165, 1.54) is 19.3 Å². The lowest BCUT2D eigenvalue weighted by atomic mass is 9.91. The largest absolute Gasteiger partial charge is 0.368 e. The first-order valence-corrected chi connectivity index (χ1v) is 5.72. The summed E-state index contributed by atoms with van der Waals surface area (Å²) in [6.45, 7) is 2.71. The Balaban J connectivity index is 2.17. The fourth-order valence-corrected chi connectivity index (χ4v) is 1.83. The molecule has 0 aromatic heterocycles. The highest BCUT2D eigenvalue weighted by atomic mass is 16.1. The van der Waals surface area contributed by atoms with Gasteiger partial charge in [0.15, 0.2) is 0 Å². The van der Waals surface area contributed by atoms with Crippen molar-refractivity contribution in [1.29, 1.82) is 0 Å². The fourth-order valence-electron chi connectivity index (χ4n) is 1.83. The summed E-state index contributed by atoms with van der Waals surface area (Å²) >= 11 is 0. The van der Waals surface area contributed by atoms with Crippen molar-refractivity contribution in [2.75, 3.05) is 13.6 Å². The van der Waals surface area contributed by atoms with Gasteiger partial charge in [0.1, 0.15) is 0 Å². The predicted molar refractivity (Wildman–Crippen MR) is 61.3 cm³/mol. The van der Waals surface area contributed by atoms with Gasteiger partial charge in [-0.15, -0.1) is 0 Å². The van der Waals surface area contributed by atoms with Crippen LogP contribution in [0.25, 0.3) is 0 Å². The number of hydrogen-bond donors (Lipinski definition) is 2. The number of nitrogens with zero attached hydrogens (tertiary/aromatic N) is 1. The van der Waals surface area contributed by atoms with Gasteiger partial charge in [0, 0.05) is 6.04 Å². The van der Waals surface area contributed by atoms with Crippen LogP contribution in [0.2, 0.25) is 0 Å². The Morgan fingerprint density at radius 1 is 1.53 bits per heavy atom. The third-order valence-corrected chi connectivity index (χ3v) is 3.47. The van der Waals surface area contributed by atoms with Gasteiger partial charge in [-0.1, -0.05) is 6.42 Å². The lowest BCUT2D eigenvalue weighted by Gasteiger charge is -2.35. The Morgan fingerprint density at radius 3 is 2.53 bits per heavy atom. The lowest BCUT2D eigenvalue weighted by molar-refractivity contribution is -0.122. The first kappa shape index (κ1) is 12.5. The third kappa shape index (κ3) is 3.47. The highest BCUT2D eigenvalue weighted by Crippen LogP contribution is 2.23. The molecule has 88 valence electrons. The number of carbonyl (C=O) groups is 1. The second kappa shape index (κ2) is 4.94. The van der Waals surface area contributed by atoms with E-state index in [2.05, 4.69) is 11.9 Å². The Morgan fingerprint density at radius 2 is 2.13 bits per heavy atom. The van der Waals surface area contributed by atoms with Crippen LogP contribution >= 0.6 is 0 Å². The predicted octanol–water partition coefficient (Wildman–Crippen LogP) is 0.454. The highest BCUT2D eigenvalue weighted by Gasteiger charge is 2.26. The summed E-state index contributed by atoms with van der Waals surface area (Å²) in [6, 6.07) is 0.752. The minimum Gasteiger partial charge on any atom is -0.368 e. The molecule has 0 aromatic rings. The Hall–Kier alpha value is -0.610. The number of carbonyl (C=O) groups excluding carboxylic acids is 1. The zero-order chi connectivity index (χ0) is 11.5. The average molecular weight is 213 g/mol. The topological polar surface area (TPSA) is 72.3 Å². The minimum absolute atomic E-state index is 0.409. The van der Waals surface area contributed by atoms with E-state index in [0.717, 1.165) is 19.0 Å². The quantitative estimate of drug-likeness (QED) is 0.673. The molecule has 1 rings (SSSR count). The summed E-state index contributed by atoms with van der Waals surface area (Å²) in [7, 11) is 2.14. The SMILES string of the molecule is CN(CCCC(C)(N)C(N)=O)C1CCC1. The molecule has 4 heteroatoms. The normalized spacial score (nSPS) is 21.1. The molecule has 4 nitrogen and oxygen atoms in total. The van der Waals surface area contributed by atoms with Gasteiger partial charge in [-0.25, -0.2) is 0 Å². The van der Waals surface area contributed by atoms with Gasteiger partial charge < -0.3 is 16.4 Å². The first-order valence-electron chi connectivity index (χ1n) is 5.72. The van der Waals surface area contributed by atoms with Crippen LogP contribution in [0.15, 0.2) is 0 Å². The third-order valence-electron chi connectivity index (χ3n) is 3.47. The van der Waals surface area contributed by atoms with E-state index in [1.807, 2.05) is 0 Å². The van der Waals surface area contributed by atoms with Crippen LogP contribution in [0.4, 0.5) is 0 Å². The molecule has 0 spiro atoms. The van der Waals surface area contributed by atoms with Crippen molar-refractivity contribution in [2.24, 2.45) is 11.5 Å². The Bertz CT molecular complexity index is 224. The van der Waals surface area contributed by atoms with Gasteiger partial charge in [-0.05, 0) is 46.2 Å². The maximum atomic E-state index is 11.0. The van der Waals surface area contributed by atoms with E-state index in [-0.39, 0.29) is 0 Å². The molecule has 1 atom stereocenters. The van der Waals surface area contributed by atoms with E-state index in [9.17, 15) is 4.79 Å². The Kier molecular flexibility index (Phi) is 4.11. The fraction of sp³-hybridized carbons (Fsp3) is 0.909. The highest BCUT2D eigenvalue weighted by molar-refractivity contribution is 5.83. The first-order chi connectivity index (χ1) is 6.93. The lowest BCUT2D eigenvalue weighted by Crippen LogP contribution is -2.49. The molecule has 0 aliphatic heterocycles. The van der Waals surface area contributed by atoms with Crippen LogP contribution in [0.5, 0.6) is 0 Å². The summed E-state index contributed by atoms with van der Waals surface area (Å²) < 4.78 is 0. The number of amides is 1. The summed E-state index contributed by atoms with van der Waals surface area (Å²) in [5.41, 5.74) is 10.1. The minimum atomic E-state index is -0.847. The van der Waals surface area contributed by atoms with Crippen molar-refractivity contribution in [3.05, 3.63) is 0 Å². The molecule has 4 N–H and O–H groups in total. The van der Waals surface area contributed by atoms with Crippen LogP contribution in [-0.4, -0.2) is 36.0 Å². The number of rotatable bonds is 6. The Labute approximate surface area is 92.0 Å². The van der Waals surface area contributed by atoms with Crippen LogP contribution in [0.3, 0.4) is 0 Å². The van der Waals surface area contributed by atoms with Gasteiger partial charge in [0.25, 0.3) is 0 Å². The van der Waals surface area contributed by atoms with E-state index in [1.54, 1.807) is 6.92 Å². The van der Waals surface area contributed by atoms with Gasteiger partial charge in [-0.2, -0.15) is 0 Å². The molecule has 0 saturated heterocycles. The summed E-state index contributed by atoms with van der Waals surface area (Å²) in [4.78, 5) is 13.3. The van der Waals surface area contributed by atoms with Crippen LogP contribution in [0.1, 0.15) is 39.0 Å². The van der Waals surface area contributed by atoms with Gasteiger partial charge in [-0.3, -0.25) is 4.79 Å². The second-order valence-electron chi connectivity index (χ2n) is 4.95. The van der Waals surface area contributed by atoms with Crippen molar-refractivity contribution in [3.63, 3.8) is 0 Å². The zero-order valence-electron chi connectivity index (χ0n) is 9.83. The monoisotopic (exact) mass is 213 g/mol. The summed E-state index contributed by atoms with van der Waals surface area (Å²) in [6.07, 6.45) is 5.58. The van der Waals surface area contributed by atoms with Crippen molar-refractivity contribution in [3.8, 4) is 0 Å². The molecule has 1 fully saturated rings. The maximum Gasteiger partial charge on any atom is 0.237 e. The van der Waals surface area contributed by atoms with E-state index in [0.29, 0.717) is 6.42 Å². The second-order valence-corrected chi connectivity index (χ2v) is 4.95. The zero-order valence-corrected chi connectivity index (χ0v) is 9.83. The molecule has 1 unspecified atom stereocenters. The van der Waals surface area contributed by atoms with Crippen LogP contribution < -0.4 is 11.5 Å². The number of hydrogen-bond acceptors (Lipinski definition) is 3. The molecule has 0 radical (unpaired) electrons. The number of primary amides is 1. The molecule has 1 amide bonds. The molecule has 1 saturated carbocycles. The summed E-state index contributed by atoms with van der Waals surface area (Å²) in [5.74, 6) is -0.409. The van der Waals surface area contributed by atoms with Crippen molar-refractivity contribution >= 4 is 5.91 Å². The van der Waals surface area contributed by atoms with Crippen LogP contribution in [0, 0.1) is 0 Å². The van der Waals surface area contributed by atoms with Crippen molar-refractivity contribution in [1.82, 2.24) is 4.90 Å². The molecular weight excluding hydrogens is 190 g/mol. The molecule has 15 heavy (non-hydrogen) atoms. The van der Waals surface area contributed by atoms with Crippen LogP contribution in [-0.2, 0) is 4.79 Å². The van der Waals surface area contributed by atoms with E-state index in [4.69, 9.17) is 11.5 Å². The molecule has 0 heterocycles. The van der Waals surface area contributed by atoms with Gasteiger partial charge in [0.05, 0.1) is 5.54 Å². The maximum absolute atomic E-state index is 11.0. The molecule has 1 aliphatic rings. The number of nitrogens with two attached hydrogens (primary N) is 2. The van der Waals surface area contributed by atoms with Gasteiger partial charge in [0.2, 0.25) is 5.91 Å². The van der Waals surface area contributed by atoms with E-state index < -0.39 is 11.4 Å². The molecular formula is C11H23N3O. The molecule has 0 bridgehead atoms. The van der Waals surface area contributed by atoms with Crippen molar-refractivity contribution in [2.45, 2.75) is 50.6 Å².